The van der Waals surface area contributed by atoms with Gasteiger partial charge in [0.25, 0.3) is 0 Å². The van der Waals surface area contributed by atoms with Crippen molar-refractivity contribution in [3.8, 4) is 0 Å². The molecule has 106 valence electrons. The van der Waals surface area contributed by atoms with Gasteiger partial charge in [0.05, 0.1) is 6.04 Å². The lowest BCUT2D eigenvalue weighted by Crippen LogP contribution is -2.51. The molecule has 5 heteroatoms. The normalized spacial score (nSPS) is 25.5. The fourth-order valence-electron chi connectivity index (χ4n) is 2.73. The molecule has 0 aromatic carbocycles. The van der Waals surface area contributed by atoms with Crippen LogP contribution in [-0.2, 0) is 4.79 Å². The smallest absolute Gasteiger partial charge is 0.223 e. The quantitative estimate of drug-likeness (QED) is 0.844. The molecule has 2 unspecified atom stereocenters. The van der Waals surface area contributed by atoms with Gasteiger partial charge in [0, 0.05) is 32.7 Å². The number of likely N-dealkylation sites (tertiary alicyclic amines) is 1. The van der Waals surface area contributed by atoms with Gasteiger partial charge in [-0.3, -0.25) is 4.79 Å². The van der Waals surface area contributed by atoms with Gasteiger partial charge in [0.1, 0.15) is 0 Å². The van der Waals surface area contributed by atoms with Crippen molar-refractivity contribution in [3.05, 3.63) is 20.8 Å². The van der Waals surface area contributed by atoms with E-state index in [-0.39, 0.29) is 23.5 Å². The summed E-state index contributed by atoms with van der Waals surface area (Å²) in [5, 5.41) is 2.05. The molecule has 2 heterocycles. The van der Waals surface area contributed by atoms with E-state index in [1.807, 2.05) is 4.90 Å². The van der Waals surface area contributed by atoms with E-state index in [1.165, 1.54) is 4.88 Å². The highest BCUT2D eigenvalue weighted by Gasteiger charge is 2.39. The Hall–Kier alpha value is -0.390. The number of hydrogen-bond donors (Lipinski definition) is 1. The number of nitrogens with two attached hydrogens (primary N) is 1. The Bertz CT molecular complexity index is 466. The number of hydrogen-bond acceptors (Lipinski definition) is 3. The molecule has 2 atom stereocenters. The van der Waals surface area contributed by atoms with E-state index in [9.17, 15) is 4.79 Å². The minimum absolute atomic E-state index is 0.00806. The van der Waals surface area contributed by atoms with E-state index in [1.54, 1.807) is 11.3 Å². The lowest BCUT2D eigenvalue weighted by molar-refractivity contribution is -0.138. The van der Waals surface area contributed by atoms with E-state index in [0.29, 0.717) is 6.42 Å². The van der Waals surface area contributed by atoms with Gasteiger partial charge in [-0.25, -0.2) is 0 Å². The summed E-state index contributed by atoms with van der Waals surface area (Å²) in [5.74, 6) is 0.218. The number of thiophene rings is 1. The molecule has 1 aromatic heterocycles. The Kier molecular flexibility index (Phi) is 4.38. The molecule has 2 N–H and O–H groups in total. The van der Waals surface area contributed by atoms with Gasteiger partial charge < -0.3 is 10.6 Å². The molecular formula is C14H21BrN2OS. The Morgan fingerprint density at radius 3 is 2.68 bits per heavy atom. The van der Waals surface area contributed by atoms with Gasteiger partial charge in [-0.1, -0.05) is 0 Å². The molecule has 1 aromatic rings. The van der Waals surface area contributed by atoms with Crippen molar-refractivity contribution in [1.82, 2.24) is 4.90 Å². The standard InChI is InChI=1S/C14H21BrN2OS/c1-14(2,3)17-12(18)6-4-5-10(16)13(17)11-7-9(15)8-19-11/h7-8,10,13H,4-6,16H2,1-3H3. The molecular weight excluding hydrogens is 324 g/mol. The Balaban J connectivity index is 2.45. The molecule has 0 spiro atoms. The van der Waals surface area contributed by atoms with Gasteiger partial charge in [0.15, 0.2) is 0 Å². The third-order valence-electron chi connectivity index (χ3n) is 3.48. The SMILES string of the molecule is CC(C)(C)N1C(=O)CCCC(N)C1c1cc(Br)cs1. The Morgan fingerprint density at radius 1 is 1.47 bits per heavy atom. The summed E-state index contributed by atoms with van der Waals surface area (Å²) in [6, 6.07) is 2.09. The van der Waals surface area contributed by atoms with E-state index < -0.39 is 0 Å². The summed E-state index contributed by atoms with van der Waals surface area (Å²) >= 11 is 5.16. The first kappa shape index (κ1) is 15.0. The molecule has 0 bridgehead atoms. The van der Waals surface area contributed by atoms with Crippen molar-refractivity contribution in [2.75, 3.05) is 0 Å². The van der Waals surface area contributed by atoms with Crippen molar-refractivity contribution >= 4 is 33.2 Å². The molecule has 2 rings (SSSR count). The minimum atomic E-state index is -0.208. The molecule has 3 nitrogen and oxygen atoms in total. The van der Waals surface area contributed by atoms with E-state index >= 15 is 0 Å². The van der Waals surface area contributed by atoms with Crippen LogP contribution in [0.1, 0.15) is 51.0 Å². The molecule has 1 aliphatic rings. The maximum Gasteiger partial charge on any atom is 0.223 e. The summed E-state index contributed by atoms with van der Waals surface area (Å²) in [5.41, 5.74) is 6.16. The van der Waals surface area contributed by atoms with Crippen LogP contribution >= 0.6 is 27.3 Å². The molecule has 1 saturated heterocycles. The lowest BCUT2D eigenvalue weighted by atomic mass is 9.97. The van der Waals surface area contributed by atoms with Crippen LogP contribution in [0.25, 0.3) is 0 Å². The fourth-order valence-corrected chi connectivity index (χ4v) is 4.34. The fraction of sp³-hybridized carbons (Fsp3) is 0.643. The average Bonchev–Trinajstić information content (AvgIpc) is 2.63. The molecule has 0 aliphatic carbocycles. The first-order valence-electron chi connectivity index (χ1n) is 6.62. The van der Waals surface area contributed by atoms with Crippen LogP contribution < -0.4 is 5.73 Å². The van der Waals surface area contributed by atoms with Crippen LogP contribution in [0.15, 0.2) is 15.9 Å². The van der Waals surface area contributed by atoms with Gasteiger partial charge in [-0.15, -0.1) is 11.3 Å². The lowest BCUT2D eigenvalue weighted by Gasteiger charge is -2.42. The average molecular weight is 345 g/mol. The number of carbonyl (C=O) groups excluding carboxylic acids is 1. The second kappa shape index (κ2) is 5.54. The minimum Gasteiger partial charge on any atom is -0.328 e. The van der Waals surface area contributed by atoms with Crippen LogP contribution in [0.3, 0.4) is 0 Å². The van der Waals surface area contributed by atoms with Gasteiger partial charge in [-0.05, 0) is 55.6 Å². The largest absolute Gasteiger partial charge is 0.328 e. The van der Waals surface area contributed by atoms with Crippen LogP contribution in [0.2, 0.25) is 0 Å². The first-order valence-corrected chi connectivity index (χ1v) is 8.29. The van der Waals surface area contributed by atoms with Crippen molar-refractivity contribution < 1.29 is 4.79 Å². The second-order valence-electron chi connectivity index (χ2n) is 6.10. The molecule has 1 amide bonds. The highest BCUT2D eigenvalue weighted by atomic mass is 79.9. The highest BCUT2D eigenvalue weighted by Crippen LogP contribution is 2.38. The number of amides is 1. The van der Waals surface area contributed by atoms with Crippen molar-refractivity contribution in [3.63, 3.8) is 0 Å². The van der Waals surface area contributed by atoms with Gasteiger partial charge in [-0.2, -0.15) is 0 Å². The summed E-state index contributed by atoms with van der Waals surface area (Å²) in [6.45, 7) is 6.25. The van der Waals surface area contributed by atoms with E-state index in [0.717, 1.165) is 17.3 Å². The maximum absolute atomic E-state index is 12.5. The predicted octanol–water partition coefficient (Wildman–Crippen LogP) is 3.69. The van der Waals surface area contributed by atoms with Crippen LogP contribution in [-0.4, -0.2) is 22.4 Å². The van der Waals surface area contributed by atoms with Crippen molar-refractivity contribution in [1.29, 1.82) is 0 Å². The zero-order chi connectivity index (χ0) is 14.2. The van der Waals surface area contributed by atoms with E-state index in [4.69, 9.17) is 5.73 Å². The van der Waals surface area contributed by atoms with Crippen LogP contribution in [0.5, 0.6) is 0 Å². The van der Waals surface area contributed by atoms with Crippen LogP contribution in [0.4, 0.5) is 0 Å². The zero-order valence-electron chi connectivity index (χ0n) is 11.6. The molecule has 0 radical (unpaired) electrons. The molecule has 19 heavy (non-hydrogen) atoms. The maximum atomic E-state index is 12.5. The third kappa shape index (κ3) is 3.20. The molecule has 0 saturated carbocycles. The topological polar surface area (TPSA) is 46.3 Å². The third-order valence-corrected chi connectivity index (χ3v) is 5.25. The summed E-state index contributed by atoms with van der Waals surface area (Å²) < 4.78 is 1.06. The first-order chi connectivity index (χ1) is 8.80. The summed E-state index contributed by atoms with van der Waals surface area (Å²) in [7, 11) is 0. The zero-order valence-corrected chi connectivity index (χ0v) is 14.1. The molecule has 1 aliphatic heterocycles. The summed E-state index contributed by atoms with van der Waals surface area (Å²) in [6.07, 6.45) is 2.39. The Morgan fingerprint density at radius 2 is 2.16 bits per heavy atom. The summed E-state index contributed by atoms with van der Waals surface area (Å²) in [4.78, 5) is 15.6. The number of carbonyl (C=O) groups is 1. The van der Waals surface area contributed by atoms with Crippen LogP contribution in [0, 0.1) is 0 Å². The van der Waals surface area contributed by atoms with E-state index in [2.05, 4.69) is 48.1 Å². The second-order valence-corrected chi connectivity index (χ2v) is 7.96. The predicted molar refractivity (Wildman–Crippen MR) is 83.2 cm³/mol. The number of nitrogens with zero attached hydrogens (tertiary/aromatic N) is 1. The Labute approximate surface area is 127 Å². The van der Waals surface area contributed by atoms with Crippen molar-refractivity contribution in [2.45, 2.75) is 57.7 Å². The van der Waals surface area contributed by atoms with Gasteiger partial charge in [0.2, 0.25) is 5.91 Å². The van der Waals surface area contributed by atoms with Crippen molar-refractivity contribution in [2.24, 2.45) is 5.73 Å². The monoisotopic (exact) mass is 344 g/mol. The molecule has 1 fully saturated rings. The highest BCUT2D eigenvalue weighted by molar-refractivity contribution is 9.10. The number of halogens is 1. The number of rotatable bonds is 1. The van der Waals surface area contributed by atoms with Gasteiger partial charge >= 0.3 is 0 Å².